The van der Waals surface area contributed by atoms with E-state index in [0.29, 0.717) is 13.1 Å². The largest absolute Gasteiger partial charge is 0.352 e. The van der Waals surface area contributed by atoms with Crippen LogP contribution >= 0.6 is 0 Å². The first-order valence-electron chi connectivity index (χ1n) is 5.76. The van der Waals surface area contributed by atoms with E-state index < -0.39 is 5.54 Å². The summed E-state index contributed by atoms with van der Waals surface area (Å²) in [4.78, 5) is 25.2. The summed E-state index contributed by atoms with van der Waals surface area (Å²) < 4.78 is 0. The lowest BCUT2D eigenvalue weighted by molar-refractivity contribution is -0.132. The molecule has 1 fully saturated rings. The first-order chi connectivity index (χ1) is 7.39. The summed E-state index contributed by atoms with van der Waals surface area (Å²) in [6.07, 6.45) is 0.881. The number of amides is 3. The average Bonchev–Trinajstić information content (AvgIpc) is 2.21. The second-order valence-corrected chi connectivity index (χ2v) is 4.73. The molecule has 1 atom stereocenters. The molecule has 16 heavy (non-hydrogen) atoms. The number of hydrogen-bond donors (Lipinski definition) is 2. The van der Waals surface area contributed by atoms with E-state index in [1.165, 1.54) is 0 Å². The topological polar surface area (TPSA) is 61.4 Å². The van der Waals surface area contributed by atoms with Crippen molar-refractivity contribution in [3.63, 3.8) is 0 Å². The fourth-order valence-corrected chi connectivity index (χ4v) is 1.65. The van der Waals surface area contributed by atoms with Crippen LogP contribution in [0.1, 0.15) is 34.1 Å². The molecule has 0 aromatic heterocycles. The third-order valence-electron chi connectivity index (χ3n) is 3.08. The number of carbonyl (C=O) groups is 2. The van der Waals surface area contributed by atoms with Gasteiger partial charge in [0.25, 0.3) is 0 Å². The van der Waals surface area contributed by atoms with Crippen LogP contribution in [0.5, 0.6) is 0 Å². The fourth-order valence-electron chi connectivity index (χ4n) is 1.65. The Morgan fingerprint density at radius 2 is 2.25 bits per heavy atom. The maximum atomic E-state index is 12.0. The molecular weight excluding hydrogens is 206 g/mol. The van der Waals surface area contributed by atoms with Gasteiger partial charge in [-0.25, -0.2) is 4.79 Å². The molecule has 0 aromatic rings. The molecule has 0 unspecified atom stereocenters. The second kappa shape index (κ2) is 4.72. The molecule has 5 nitrogen and oxygen atoms in total. The third-order valence-corrected chi connectivity index (χ3v) is 3.08. The highest BCUT2D eigenvalue weighted by Crippen LogP contribution is 2.17. The van der Waals surface area contributed by atoms with Gasteiger partial charge in [-0.15, -0.1) is 0 Å². The van der Waals surface area contributed by atoms with Gasteiger partial charge in [0.1, 0.15) is 5.54 Å². The zero-order chi connectivity index (χ0) is 12.3. The van der Waals surface area contributed by atoms with Crippen LogP contribution in [-0.2, 0) is 4.79 Å². The predicted octanol–water partition coefficient (Wildman–Crippen LogP) is 0.705. The van der Waals surface area contributed by atoms with Gasteiger partial charge in [-0.3, -0.25) is 4.79 Å². The Bertz CT molecular complexity index is 289. The van der Waals surface area contributed by atoms with Crippen molar-refractivity contribution >= 4 is 11.9 Å². The molecule has 1 aliphatic rings. The third kappa shape index (κ3) is 2.46. The molecule has 92 valence electrons. The molecule has 0 bridgehead atoms. The van der Waals surface area contributed by atoms with E-state index in [0.717, 1.165) is 6.42 Å². The molecule has 1 saturated heterocycles. The van der Waals surface area contributed by atoms with E-state index in [1.807, 2.05) is 13.8 Å². The fraction of sp³-hybridized carbons (Fsp3) is 0.818. The predicted molar refractivity (Wildman–Crippen MR) is 62.1 cm³/mol. The Hall–Kier alpha value is -1.26. The highest BCUT2D eigenvalue weighted by atomic mass is 16.2. The molecule has 0 aromatic carbocycles. The summed E-state index contributed by atoms with van der Waals surface area (Å²) in [7, 11) is 0. The molecule has 1 rings (SSSR count). The molecule has 1 heterocycles. The van der Waals surface area contributed by atoms with Gasteiger partial charge in [-0.2, -0.15) is 0 Å². The summed E-state index contributed by atoms with van der Waals surface area (Å²) in [5, 5.41) is 5.65. The van der Waals surface area contributed by atoms with Crippen molar-refractivity contribution in [2.24, 2.45) is 0 Å². The van der Waals surface area contributed by atoms with Crippen LogP contribution in [0.25, 0.3) is 0 Å². The van der Waals surface area contributed by atoms with Crippen molar-refractivity contribution in [3.8, 4) is 0 Å². The van der Waals surface area contributed by atoms with Crippen molar-refractivity contribution in [1.29, 1.82) is 0 Å². The summed E-state index contributed by atoms with van der Waals surface area (Å²) in [6, 6.07) is -0.0255. The Kier molecular flexibility index (Phi) is 3.78. The zero-order valence-corrected chi connectivity index (χ0v) is 10.5. The molecule has 0 radical (unpaired) electrons. The van der Waals surface area contributed by atoms with E-state index in [9.17, 15) is 9.59 Å². The van der Waals surface area contributed by atoms with E-state index in [1.54, 1.807) is 18.7 Å². The molecular formula is C11H21N3O2. The van der Waals surface area contributed by atoms with Crippen molar-refractivity contribution in [2.75, 3.05) is 13.1 Å². The number of carbonyl (C=O) groups excluding carboxylic acids is 2. The second-order valence-electron chi connectivity index (χ2n) is 4.73. The zero-order valence-electron chi connectivity index (χ0n) is 10.5. The van der Waals surface area contributed by atoms with Gasteiger partial charge in [0, 0.05) is 19.1 Å². The maximum Gasteiger partial charge on any atom is 0.318 e. The number of rotatable bonds is 2. The summed E-state index contributed by atoms with van der Waals surface area (Å²) >= 11 is 0. The Balaban J connectivity index is 2.71. The monoisotopic (exact) mass is 227 g/mol. The minimum absolute atomic E-state index is 0.0990. The highest BCUT2D eigenvalue weighted by molar-refractivity contribution is 5.91. The molecule has 2 N–H and O–H groups in total. The molecule has 3 amide bonds. The van der Waals surface area contributed by atoms with Gasteiger partial charge >= 0.3 is 6.03 Å². The molecule has 1 aliphatic heterocycles. The van der Waals surface area contributed by atoms with Crippen molar-refractivity contribution in [2.45, 2.75) is 45.7 Å². The number of urea groups is 1. The standard InChI is InChI=1S/C11H21N3O2/c1-5-8(2)13-10(16)14-7-6-12-9(15)11(14,3)4/h8H,5-7H2,1-4H3,(H,12,15)(H,13,16)/t8-/m0/s1. The van der Waals surface area contributed by atoms with Crippen LogP contribution in [0.4, 0.5) is 4.79 Å². The normalized spacial score (nSPS) is 21.2. The van der Waals surface area contributed by atoms with Gasteiger partial charge in [0.2, 0.25) is 5.91 Å². The molecule has 5 heteroatoms. The van der Waals surface area contributed by atoms with E-state index >= 15 is 0 Å². The number of nitrogens with zero attached hydrogens (tertiary/aromatic N) is 1. The molecule has 0 aliphatic carbocycles. The number of nitrogens with one attached hydrogen (secondary N) is 2. The van der Waals surface area contributed by atoms with E-state index in [-0.39, 0.29) is 18.0 Å². The average molecular weight is 227 g/mol. The lowest BCUT2D eigenvalue weighted by Gasteiger charge is -2.41. The number of hydrogen-bond acceptors (Lipinski definition) is 2. The molecule has 0 spiro atoms. The minimum atomic E-state index is -0.768. The van der Waals surface area contributed by atoms with Crippen LogP contribution < -0.4 is 10.6 Å². The van der Waals surface area contributed by atoms with Crippen LogP contribution in [-0.4, -0.2) is 41.5 Å². The summed E-state index contributed by atoms with van der Waals surface area (Å²) in [6.45, 7) is 8.57. The summed E-state index contributed by atoms with van der Waals surface area (Å²) in [5.41, 5.74) is -0.768. The van der Waals surface area contributed by atoms with Crippen LogP contribution in [0.15, 0.2) is 0 Å². The Morgan fingerprint density at radius 1 is 1.62 bits per heavy atom. The lowest BCUT2D eigenvalue weighted by atomic mass is 9.99. The van der Waals surface area contributed by atoms with Crippen LogP contribution in [0.2, 0.25) is 0 Å². The maximum absolute atomic E-state index is 12.0. The van der Waals surface area contributed by atoms with E-state index in [2.05, 4.69) is 10.6 Å². The minimum Gasteiger partial charge on any atom is -0.352 e. The lowest BCUT2D eigenvalue weighted by Crippen LogP contribution is -2.65. The first-order valence-corrected chi connectivity index (χ1v) is 5.76. The van der Waals surface area contributed by atoms with Gasteiger partial charge < -0.3 is 15.5 Å². The highest BCUT2D eigenvalue weighted by Gasteiger charge is 2.40. The van der Waals surface area contributed by atoms with Gasteiger partial charge in [-0.05, 0) is 27.2 Å². The number of piperazine rings is 1. The van der Waals surface area contributed by atoms with E-state index in [4.69, 9.17) is 0 Å². The van der Waals surface area contributed by atoms with Crippen LogP contribution in [0, 0.1) is 0 Å². The van der Waals surface area contributed by atoms with Gasteiger partial charge in [0.05, 0.1) is 0 Å². The van der Waals surface area contributed by atoms with Gasteiger partial charge in [-0.1, -0.05) is 6.92 Å². The van der Waals surface area contributed by atoms with Crippen LogP contribution in [0.3, 0.4) is 0 Å². The Labute approximate surface area is 96.6 Å². The summed E-state index contributed by atoms with van der Waals surface area (Å²) in [5.74, 6) is -0.0990. The van der Waals surface area contributed by atoms with Crippen molar-refractivity contribution < 1.29 is 9.59 Å². The first kappa shape index (κ1) is 12.8. The Morgan fingerprint density at radius 3 is 2.81 bits per heavy atom. The smallest absolute Gasteiger partial charge is 0.318 e. The SMILES string of the molecule is CC[C@H](C)NC(=O)N1CCNC(=O)C1(C)C. The molecule has 0 saturated carbocycles. The van der Waals surface area contributed by atoms with Crippen molar-refractivity contribution in [3.05, 3.63) is 0 Å². The van der Waals surface area contributed by atoms with Gasteiger partial charge in [0.15, 0.2) is 0 Å². The quantitative estimate of drug-likeness (QED) is 0.729. The van der Waals surface area contributed by atoms with Crippen molar-refractivity contribution in [1.82, 2.24) is 15.5 Å².